The van der Waals surface area contributed by atoms with Crippen molar-refractivity contribution < 1.29 is 14.3 Å². The van der Waals surface area contributed by atoms with Crippen LogP contribution in [0.1, 0.15) is 12.0 Å². The fourth-order valence-electron chi connectivity index (χ4n) is 2.22. The molecule has 1 N–H and O–H groups in total. The van der Waals surface area contributed by atoms with Crippen LogP contribution in [0, 0.1) is 0 Å². The van der Waals surface area contributed by atoms with E-state index in [-0.39, 0.29) is 18.6 Å². The third kappa shape index (κ3) is 3.86. The Hall–Kier alpha value is -1.79. The number of hydrogen-bond donors (Lipinski definition) is 1. The van der Waals surface area contributed by atoms with Crippen LogP contribution in [0.2, 0.25) is 5.02 Å². The molecule has 6 nitrogen and oxygen atoms in total. The highest BCUT2D eigenvalue weighted by Crippen LogP contribution is 2.23. The molecule has 0 unspecified atom stereocenters. The second kappa shape index (κ2) is 6.78. The largest absolute Gasteiger partial charge is 0.496 e. The Labute approximate surface area is 128 Å². The molecule has 3 amide bonds. The van der Waals surface area contributed by atoms with Crippen LogP contribution in [-0.4, -0.2) is 49.1 Å². The van der Waals surface area contributed by atoms with Crippen LogP contribution in [0.5, 0.6) is 5.75 Å². The molecule has 0 radical (unpaired) electrons. The Morgan fingerprint density at radius 1 is 1.43 bits per heavy atom. The maximum absolute atomic E-state index is 11.8. The number of hydrogen-bond acceptors (Lipinski definition) is 4. The molecule has 0 bridgehead atoms. The molecule has 0 aliphatic carbocycles. The van der Waals surface area contributed by atoms with Gasteiger partial charge < -0.3 is 10.1 Å². The fraction of sp³-hybridized carbons (Fsp3) is 0.429. The second-order valence-corrected chi connectivity index (χ2v) is 5.35. The van der Waals surface area contributed by atoms with Crippen molar-refractivity contribution in [2.75, 3.05) is 27.4 Å². The highest BCUT2D eigenvalue weighted by molar-refractivity contribution is 6.30. The Kier molecular flexibility index (Phi) is 5.03. The minimum atomic E-state index is -0.351. The second-order valence-electron chi connectivity index (χ2n) is 4.92. The molecule has 1 saturated heterocycles. The van der Waals surface area contributed by atoms with E-state index < -0.39 is 0 Å². The van der Waals surface area contributed by atoms with E-state index in [9.17, 15) is 9.59 Å². The summed E-state index contributed by atoms with van der Waals surface area (Å²) in [4.78, 5) is 26.5. The fourth-order valence-corrected chi connectivity index (χ4v) is 2.41. The van der Waals surface area contributed by atoms with Gasteiger partial charge >= 0.3 is 6.03 Å². The number of nitrogens with one attached hydrogen (secondary N) is 1. The zero-order valence-electron chi connectivity index (χ0n) is 12.1. The minimum Gasteiger partial charge on any atom is -0.496 e. The molecule has 1 aliphatic rings. The summed E-state index contributed by atoms with van der Waals surface area (Å²) in [7, 11) is 3.42. The summed E-state index contributed by atoms with van der Waals surface area (Å²) in [5.41, 5.74) is 0.900. The Morgan fingerprint density at radius 2 is 2.19 bits per heavy atom. The van der Waals surface area contributed by atoms with Gasteiger partial charge in [-0.25, -0.2) is 4.79 Å². The minimum absolute atomic E-state index is 0.163. The smallest absolute Gasteiger partial charge is 0.325 e. The first-order valence-corrected chi connectivity index (χ1v) is 6.98. The molecule has 114 valence electrons. The van der Waals surface area contributed by atoms with E-state index >= 15 is 0 Å². The standard InChI is InChI=1S/C14H18ClN3O3/c1-17(9-18-13(19)5-6-16-14(18)20)8-10-7-11(15)3-4-12(10)21-2/h3-4,7H,5-6,8-9H2,1-2H3,(H,16,20). The average molecular weight is 312 g/mol. The van der Waals surface area contributed by atoms with Crippen LogP contribution in [0.3, 0.4) is 0 Å². The predicted octanol–water partition coefficient (Wildman–Crippen LogP) is 1.68. The van der Waals surface area contributed by atoms with E-state index in [2.05, 4.69) is 5.32 Å². The summed E-state index contributed by atoms with van der Waals surface area (Å²) in [6.07, 6.45) is 0.333. The summed E-state index contributed by atoms with van der Waals surface area (Å²) in [5.74, 6) is 0.560. The lowest BCUT2D eigenvalue weighted by Crippen LogP contribution is -2.53. The van der Waals surface area contributed by atoms with Crippen LogP contribution >= 0.6 is 11.6 Å². The monoisotopic (exact) mass is 311 g/mol. The maximum atomic E-state index is 11.8. The van der Waals surface area contributed by atoms with Crippen LogP contribution in [0.15, 0.2) is 18.2 Å². The highest BCUT2D eigenvalue weighted by atomic mass is 35.5. The number of methoxy groups -OCH3 is 1. The van der Waals surface area contributed by atoms with Gasteiger partial charge in [-0.05, 0) is 25.2 Å². The van der Waals surface area contributed by atoms with Gasteiger partial charge in [0.25, 0.3) is 0 Å². The van der Waals surface area contributed by atoms with Crippen LogP contribution in [-0.2, 0) is 11.3 Å². The number of halogens is 1. The number of carbonyl (C=O) groups excluding carboxylic acids is 2. The summed E-state index contributed by atoms with van der Waals surface area (Å²) < 4.78 is 5.29. The van der Waals surface area contributed by atoms with Gasteiger partial charge in [-0.15, -0.1) is 0 Å². The lowest BCUT2D eigenvalue weighted by molar-refractivity contribution is -0.130. The molecule has 1 aromatic carbocycles. The first-order valence-electron chi connectivity index (χ1n) is 6.60. The number of rotatable bonds is 5. The number of imide groups is 1. The van der Waals surface area contributed by atoms with E-state index in [0.29, 0.717) is 24.5 Å². The van der Waals surface area contributed by atoms with Gasteiger partial charge in [0.2, 0.25) is 5.91 Å². The molecule has 1 aromatic rings. The first-order chi connectivity index (χ1) is 10.0. The number of urea groups is 1. The molecule has 1 fully saturated rings. The van der Waals surface area contributed by atoms with Gasteiger partial charge in [-0.2, -0.15) is 0 Å². The number of amides is 3. The van der Waals surface area contributed by atoms with Crippen LogP contribution < -0.4 is 10.1 Å². The van der Waals surface area contributed by atoms with Crippen molar-refractivity contribution in [1.82, 2.24) is 15.1 Å². The zero-order chi connectivity index (χ0) is 15.4. The number of benzene rings is 1. The summed E-state index contributed by atoms with van der Waals surface area (Å²) in [6.45, 7) is 1.14. The van der Waals surface area contributed by atoms with Gasteiger partial charge in [0.15, 0.2) is 0 Å². The van der Waals surface area contributed by atoms with Gasteiger partial charge in [0.05, 0.1) is 13.8 Å². The van der Waals surface area contributed by atoms with Crippen LogP contribution in [0.25, 0.3) is 0 Å². The first kappa shape index (κ1) is 15.6. The summed E-state index contributed by atoms with van der Waals surface area (Å²) in [6, 6.07) is 5.02. The van der Waals surface area contributed by atoms with E-state index in [0.717, 1.165) is 11.3 Å². The van der Waals surface area contributed by atoms with E-state index in [1.54, 1.807) is 19.2 Å². The van der Waals surface area contributed by atoms with Gasteiger partial charge in [0.1, 0.15) is 5.75 Å². The van der Waals surface area contributed by atoms with Crippen LogP contribution in [0.4, 0.5) is 4.79 Å². The van der Waals surface area contributed by atoms with Crippen molar-refractivity contribution in [1.29, 1.82) is 0 Å². The zero-order valence-corrected chi connectivity index (χ0v) is 12.8. The predicted molar refractivity (Wildman–Crippen MR) is 79.2 cm³/mol. The van der Waals surface area contributed by atoms with Gasteiger partial charge in [-0.3, -0.25) is 14.6 Å². The van der Waals surface area contributed by atoms with Crippen molar-refractivity contribution in [2.45, 2.75) is 13.0 Å². The molecule has 0 spiro atoms. The van der Waals surface area contributed by atoms with Crippen molar-refractivity contribution in [2.24, 2.45) is 0 Å². The quantitative estimate of drug-likeness (QED) is 0.898. The van der Waals surface area contributed by atoms with E-state index in [1.165, 1.54) is 4.90 Å². The van der Waals surface area contributed by atoms with Crippen molar-refractivity contribution >= 4 is 23.5 Å². The Bertz CT molecular complexity index is 534. The van der Waals surface area contributed by atoms with Crippen molar-refractivity contribution in [3.63, 3.8) is 0 Å². The van der Waals surface area contributed by atoms with E-state index in [4.69, 9.17) is 16.3 Å². The SMILES string of the molecule is COc1ccc(Cl)cc1CN(C)CN1C(=O)CCNC1=O. The summed E-state index contributed by atoms with van der Waals surface area (Å²) >= 11 is 5.99. The molecule has 7 heteroatoms. The molecule has 21 heavy (non-hydrogen) atoms. The third-order valence-corrected chi connectivity index (χ3v) is 3.46. The molecule has 0 aromatic heterocycles. The molecule has 0 atom stereocenters. The third-order valence-electron chi connectivity index (χ3n) is 3.23. The number of nitrogens with zero attached hydrogens (tertiary/aromatic N) is 2. The van der Waals surface area contributed by atoms with Gasteiger partial charge in [0, 0.05) is 30.1 Å². The molecule has 1 heterocycles. The lowest BCUT2D eigenvalue weighted by Gasteiger charge is -2.30. The molecule has 0 saturated carbocycles. The maximum Gasteiger partial charge on any atom is 0.325 e. The molecular formula is C14H18ClN3O3. The highest BCUT2D eigenvalue weighted by Gasteiger charge is 2.26. The molecular weight excluding hydrogens is 294 g/mol. The Balaban J connectivity index is 2.04. The topological polar surface area (TPSA) is 61.9 Å². The number of carbonyl (C=O) groups is 2. The van der Waals surface area contributed by atoms with Crippen molar-refractivity contribution in [3.05, 3.63) is 28.8 Å². The average Bonchev–Trinajstić information content (AvgIpc) is 2.43. The Morgan fingerprint density at radius 3 is 2.86 bits per heavy atom. The summed E-state index contributed by atoms with van der Waals surface area (Å²) in [5, 5.41) is 3.27. The van der Waals surface area contributed by atoms with Crippen molar-refractivity contribution in [3.8, 4) is 5.75 Å². The molecule has 2 rings (SSSR count). The molecule has 1 aliphatic heterocycles. The lowest BCUT2D eigenvalue weighted by atomic mass is 10.2. The van der Waals surface area contributed by atoms with E-state index in [1.807, 2.05) is 18.0 Å². The number of ether oxygens (including phenoxy) is 1. The normalized spacial score (nSPS) is 15.3. The van der Waals surface area contributed by atoms with Gasteiger partial charge in [-0.1, -0.05) is 11.6 Å².